The van der Waals surface area contributed by atoms with Gasteiger partial charge in [-0.1, -0.05) is 17.3 Å². The first-order valence-electron chi connectivity index (χ1n) is 7.12. The lowest BCUT2D eigenvalue weighted by Crippen LogP contribution is -2.13. The number of fused-ring (bicyclic) bond motifs is 1. The van der Waals surface area contributed by atoms with E-state index in [9.17, 15) is 0 Å². The Morgan fingerprint density at radius 2 is 1.90 bits per heavy atom. The highest BCUT2D eigenvalue weighted by Crippen LogP contribution is 2.15. The summed E-state index contributed by atoms with van der Waals surface area (Å²) in [5.41, 5.74) is 5.45. The number of benzene rings is 1. The topological polar surface area (TPSA) is 51.0 Å². The molecule has 1 N–H and O–H groups in total. The van der Waals surface area contributed by atoms with E-state index < -0.39 is 0 Å². The van der Waals surface area contributed by atoms with E-state index >= 15 is 0 Å². The zero-order chi connectivity index (χ0) is 14.8. The van der Waals surface area contributed by atoms with Gasteiger partial charge in [-0.2, -0.15) is 0 Å². The minimum atomic E-state index is 0.769. The van der Waals surface area contributed by atoms with Crippen molar-refractivity contribution >= 4 is 10.9 Å². The molecule has 0 saturated heterocycles. The highest BCUT2D eigenvalue weighted by molar-refractivity contribution is 5.79. The summed E-state index contributed by atoms with van der Waals surface area (Å²) >= 11 is 0. The largest absolute Gasteiger partial charge is 0.361 e. The van der Waals surface area contributed by atoms with Crippen LogP contribution >= 0.6 is 0 Å². The molecule has 2 aromatic heterocycles. The lowest BCUT2D eigenvalue weighted by atomic mass is 10.1. The van der Waals surface area contributed by atoms with Crippen molar-refractivity contribution in [2.75, 3.05) is 0 Å². The van der Waals surface area contributed by atoms with Crippen molar-refractivity contribution < 1.29 is 4.52 Å². The van der Waals surface area contributed by atoms with E-state index in [1.54, 1.807) is 0 Å². The Morgan fingerprint density at radius 3 is 2.67 bits per heavy atom. The van der Waals surface area contributed by atoms with Crippen LogP contribution in [0.5, 0.6) is 0 Å². The number of pyridine rings is 1. The molecule has 21 heavy (non-hydrogen) atoms. The Kier molecular flexibility index (Phi) is 3.71. The molecule has 0 atom stereocenters. The number of aryl methyl sites for hydroxylation is 3. The molecule has 3 aromatic rings. The molecule has 0 aliphatic rings. The Balaban J connectivity index is 1.69. The fourth-order valence-corrected chi connectivity index (χ4v) is 2.47. The third-order valence-corrected chi connectivity index (χ3v) is 3.70. The normalized spacial score (nSPS) is 11.2. The van der Waals surface area contributed by atoms with Gasteiger partial charge in [0.05, 0.1) is 11.2 Å². The van der Waals surface area contributed by atoms with Crippen LogP contribution in [0, 0.1) is 20.8 Å². The molecule has 1 aromatic carbocycles. The van der Waals surface area contributed by atoms with Crippen LogP contribution in [0.4, 0.5) is 0 Å². The van der Waals surface area contributed by atoms with E-state index in [4.69, 9.17) is 4.52 Å². The third-order valence-electron chi connectivity index (χ3n) is 3.70. The summed E-state index contributed by atoms with van der Waals surface area (Å²) in [6.45, 7) is 7.51. The quantitative estimate of drug-likeness (QED) is 0.796. The van der Waals surface area contributed by atoms with Crippen LogP contribution < -0.4 is 5.32 Å². The first-order chi connectivity index (χ1) is 10.1. The average molecular weight is 281 g/mol. The summed E-state index contributed by atoms with van der Waals surface area (Å²) in [5.74, 6) is 0.887. The van der Waals surface area contributed by atoms with Crippen LogP contribution in [0.3, 0.4) is 0 Å². The fraction of sp³-hybridized carbons (Fsp3) is 0.294. The van der Waals surface area contributed by atoms with Gasteiger partial charge in [0.2, 0.25) is 0 Å². The Morgan fingerprint density at radius 1 is 1.05 bits per heavy atom. The molecule has 2 heterocycles. The van der Waals surface area contributed by atoms with Crippen molar-refractivity contribution in [2.45, 2.75) is 33.9 Å². The van der Waals surface area contributed by atoms with Crippen LogP contribution in [0.2, 0.25) is 0 Å². The molecule has 108 valence electrons. The van der Waals surface area contributed by atoms with Gasteiger partial charge >= 0.3 is 0 Å². The molecule has 4 heteroatoms. The van der Waals surface area contributed by atoms with Crippen LogP contribution in [-0.4, -0.2) is 10.1 Å². The van der Waals surface area contributed by atoms with Gasteiger partial charge in [-0.3, -0.25) is 4.98 Å². The minimum absolute atomic E-state index is 0.769. The second kappa shape index (κ2) is 5.66. The van der Waals surface area contributed by atoms with E-state index in [1.165, 1.54) is 10.9 Å². The average Bonchev–Trinajstić information content (AvgIpc) is 2.79. The smallest absolute Gasteiger partial charge is 0.138 e. The van der Waals surface area contributed by atoms with Gasteiger partial charge in [-0.25, -0.2) is 0 Å². The van der Waals surface area contributed by atoms with E-state index in [0.717, 1.165) is 41.3 Å². The molecule has 0 radical (unpaired) electrons. The number of nitrogens with zero attached hydrogens (tertiary/aromatic N) is 2. The molecule has 0 spiro atoms. The second-order valence-corrected chi connectivity index (χ2v) is 5.39. The summed E-state index contributed by atoms with van der Waals surface area (Å²) in [6.07, 6.45) is 0. The summed E-state index contributed by atoms with van der Waals surface area (Å²) in [5, 5.41) is 8.59. The van der Waals surface area contributed by atoms with Crippen molar-refractivity contribution in [2.24, 2.45) is 0 Å². The highest BCUT2D eigenvalue weighted by atomic mass is 16.5. The first-order valence-corrected chi connectivity index (χ1v) is 7.12. The molecule has 0 unspecified atom stereocenters. The van der Waals surface area contributed by atoms with E-state index in [-0.39, 0.29) is 0 Å². The van der Waals surface area contributed by atoms with Crippen molar-refractivity contribution in [1.29, 1.82) is 0 Å². The Hall–Kier alpha value is -2.20. The number of nitrogens with one attached hydrogen (secondary N) is 1. The first kappa shape index (κ1) is 13.8. The maximum atomic E-state index is 5.17. The molecule has 0 aliphatic heterocycles. The van der Waals surface area contributed by atoms with Gasteiger partial charge < -0.3 is 9.84 Å². The van der Waals surface area contributed by atoms with Gasteiger partial charge in [0.15, 0.2) is 0 Å². The second-order valence-electron chi connectivity index (χ2n) is 5.39. The van der Waals surface area contributed by atoms with Gasteiger partial charge in [0.1, 0.15) is 5.76 Å². The molecule has 0 saturated carbocycles. The third kappa shape index (κ3) is 2.95. The fourth-order valence-electron chi connectivity index (χ4n) is 2.47. The van der Waals surface area contributed by atoms with Crippen molar-refractivity contribution in [3.05, 3.63) is 58.6 Å². The van der Waals surface area contributed by atoms with Crippen molar-refractivity contribution in [3.63, 3.8) is 0 Å². The Bertz CT molecular complexity index is 757. The summed E-state index contributed by atoms with van der Waals surface area (Å²) in [7, 11) is 0. The predicted molar refractivity (Wildman–Crippen MR) is 83.0 cm³/mol. The van der Waals surface area contributed by atoms with Crippen LogP contribution in [-0.2, 0) is 13.1 Å². The van der Waals surface area contributed by atoms with Crippen molar-refractivity contribution in [1.82, 2.24) is 15.5 Å². The molecule has 4 nitrogen and oxygen atoms in total. The van der Waals surface area contributed by atoms with Crippen LogP contribution in [0.25, 0.3) is 10.9 Å². The lowest BCUT2D eigenvalue weighted by molar-refractivity contribution is 0.392. The number of hydrogen-bond donors (Lipinski definition) is 1. The van der Waals surface area contributed by atoms with Crippen LogP contribution in [0.15, 0.2) is 34.9 Å². The number of hydrogen-bond acceptors (Lipinski definition) is 4. The highest BCUT2D eigenvalue weighted by Gasteiger charge is 2.08. The molecule has 3 rings (SSSR count). The maximum Gasteiger partial charge on any atom is 0.138 e. The van der Waals surface area contributed by atoms with E-state index in [1.807, 2.05) is 26.8 Å². The predicted octanol–water partition coefficient (Wildman–Crippen LogP) is 3.44. The van der Waals surface area contributed by atoms with Gasteiger partial charge in [0, 0.05) is 29.7 Å². The summed E-state index contributed by atoms with van der Waals surface area (Å²) < 4.78 is 5.17. The molecule has 0 amide bonds. The maximum absolute atomic E-state index is 5.17. The van der Waals surface area contributed by atoms with Gasteiger partial charge in [0.25, 0.3) is 0 Å². The van der Waals surface area contributed by atoms with E-state index in [0.29, 0.717) is 0 Å². The monoisotopic (exact) mass is 281 g/mol. The molecule has 0 fully saturated rings. The molecular weight excluding hydrogens is 262 g/mol. The van der Waals surface area contributed by atoms with Gasteiger partial charge in [-0.05, 0) is 44.5 Å². The summed E-state index contributed by atoms with van der Waals surface area (Å²) in [6, 6.07) is 10.5. The number of aromatic nitrogens is 2. The molecule has 0 bridgehead atoms. The van der Waals surface area contributed by atoms with E-state index in [2.05, 4.69) is 39.7 Å². The SMILES string of the molecule is Cc1ccc2cc(CNCc3c(C)noc3C)ccc2n1. The number of rotatable bonds is 4. The summed E-state index contributed by atoms with van der Waals surface area (Å²) in [4.78, 5) is 4.52. The molecular formula is C17H19N3O. The zero-order valence-corrected chi connectivity index (χ0v) is 12.6. The van der Waals surface area contributed by atoms with Crippen LogP contribution in [0.1, 0.15) is 28.3 Å². The minimum Gasteiger partial charge on any atom is -0.361 e. The Labute approximate surface area is 124 Å². The van der Waals surface area contributed by atoms with Gasteiger partial charge in [-0.15, -0.1) is 0 Å². The lowest BCUT2D eigenvalue weighted by Gasteiger charge is -2.06. The zero-order valence-electron chi connectivity index (χ0n) is 12.6. The van der Waals surface area contributed by atoms with Crippen molar-refractivity contribution in [3.8, 4) is 0 Å². The molecule has 0 aliphatic carbocycles. The standard InChI is InChI=1S/C17H19N3O/c1-11-4-6-15-8-14(5-7-17(15)19-11)9-18-10-16-12(2)20-21-13(16)3/h4-8,18H,9-10H2,1-3H3.